The summed E-state index contributed by atoms with van der Waals surface area (Å²) in [6.07, 6.45) is 2.55. The maximum absolute atomic E-state index is 6.06. The highest BCUT2D eigenvalue weighted by atomic mass is 127. The van der Waals surface area contributed by atoms with Gasteiger partial charge in [-0.05, 0) is 50.6 Å². The highest BCUT2D eigenvalue weighted by molar-refractivity contribution is 14.0. The maximum Gasteiger partial charge on any atom is 0.191 e. The molecule has 1 unspecified atom stereocenters. The van der Waals surface area contributed by atoms with Crippen LogP contribution >= 0.6 is 35.3 Å². The number of nitrogens with zero attached hydrogens (tertiary/aromatic N) is 3. The van der Waals surface area contributed by atoms with E-state index in [0.29, 0.717) is 11.9 Å². The standard InChI is InChI=1S/C16H28N4S.HI/c1-3-20(4-2)16(17)18-11-14-7-5-9-19(12-14)13-15-8-6-10-21-15;/h6,8,10,14H,3-5,7,9,11-13H2,1-2H3,(H2,17,18);1H. The molecule has 2 N–H and O–H groups in total. The Labute approximate surface area is 155 Å². The highest BCUT2D eigenvalue weighted by Gasteiger charge is 2.20. The molecule has 6 heteroatoms. The third-order valence-corrected chi connectivity index (χ3v) is 5.02. The highest BCUT2D eigenvalue weighted by Crippen LogP contribution is 2.20. The molecule has 1 aliphatic rings. The van der Waals surface area contributed by atoms with Crippen molar-refractivity contribution >= 4 is 41.3 Å². The summed E-state index contributed by atoms with van der Waals surface area (Å²) < 4.78 is 0. The molecule has 0 radical (unpaired) electrons. The van der Waals surface area contributed by atoms with Crippen LogP contribution in [0.2, 0.25) is 0 Å². The average Bonchev–Trinajstić information content (AvgIpc) is 3.00. The Bertz CT molecular complexity index is 431. The molecule has 126 valence electrons. The second-order valence-corrected chi connectivity index (χ2v) is 6.73. The summed E-state index contributed by atoms with van der Waals surface area (Å²) in [6.45, 7) is 10.4. The lowest BCUT2D eigenvalue weighted by molar-refractivity contribution is 0.172. The van der Waals surface area contributed by atoms with Gasteiger partial charge in [-0.2, -0.15) is 0 Å². The molecule has 0 amide bonds. The monoisotopic (exact) mass is 436 g/mol. The van der Waals surface area contributed by atoms with Gasteiger partial charge in [-0.15, -0.1) is 35.3 Å². The van der Waals surface area contributed by atoms with Crippen LogP contribution in [0, 0.1) is 5.92 Å². The molecule has 2 rings (SSSR count). The van der Waals surface area contributed by atoms with Gasteiger partial charge >= 0.3 is 0 Å². The molecule has 1 atom stereocenters. The average molecular weight is 436 g/mol. The van der Waals surface area contributed by atoms with E-state index in [4.69, 9.17) is 5.73 Å². The normalized spacial score (nSPS) is 19.7. The number of guanidine groups is 1. The van der Waals surface area contributed by atoms with Crippen molar-refractivity contribution in [1.82, 2.24) is 9.80 Å². The molecule has 1 fully saturated rings. The number of nitrogens with two attached hydrogens (primary N) is 1. The smallest absolute Gasteiger partial charge is 0.191 e. The Morgan fingerprint density at radius 1 is 1.45 bits per heavy atom. The van der Waals surface area contributed by atoms with E-state index in [1.54, 1.807) is 0 Å². The predicted molar refractivity (Wildman–Crippen MR) is 107 cm³/mol. The van der Waals surface area contributed by atoms with Crippen molar-refractivity contribution < 1.29 is 0 Å². The summed E-state index contributed by atoms with van der Waals surface area (Å²) in [7, 11) is 0. The fraction of sp³-hybridized carbons (Fsp3) is 0.688. The summed E-state index contributed by atoms with van der Waals surface area (Å²) in [4.78, 5) is 10.8. The lowest BCUT2D eigenvalue weighted by atomic mass is 9.98. The van der Waals surface area contributed by atoms with Crippen molar-refractivity contribution in [2.45, 2.75) is 33.2 Å². The number of hydrogen-bond acceptors (Lipinski definition) is 3. The van der Waals surface area contributed by atoms with Gasteiger partial charge in [0.15, 0.2) is 5.96 Å². The van der Waals surface area contributed by atoms with Crippen molar-refractivity contribution in [2.75, 3.05) is 32.7 Å². The van der Waals surface area contributed by atoms with E-state index in [0.717, 1.165) is 32.7 Å². The van der Waals surface area contributed by atoms with E-state index in [2.05, 4.69) is 46.2 Å². The van der Waals surface area contributed by atoms with E-state index in [-0.39, 0.29) is 24.0 Å². The Hall–Kier alpha value is -0.340. The van der Waals surface area contributed by atoms with Crippen LogP contribution < -0.4 is 5.73 Å². The summed E-state index contributed by atoms with van der Waals surface area (Å²) in [5.74, 6) is 1.35. The minimum absolute atomic E-state index is 0. The predicted octanol–water partition coefficient (Wildman–Crippen LogP) is 3.23. The van der Waals surface area contributed by atoms with Crippen LogP contribution in [0.5, 0.6) is 0 Å². The molecule has 1 aromatic rings. The second kappa shape index (κ2) is 10.4. The van der Waals surface area contributed by atoms with Crippen LogP contribution in [0.1, 0.15) is 31.6 Å². The Morgan fingerprint density at radius 2 is 2.23 bits per heavy atom. The zero-order valence-corrected chi connectivity index (χ0v) is 16.8. The van der Waals surface area contributed by atoms with E-state index in [9.17, 15) is 0 Å². The van der Waals surface area contributed by atoms with Gasteiger partial charge in [-0.3, -0.25) is 9.89 Å². The zero-order chi connectivity index (χ0) is 15.1. The molecule has 1 saturated heterocycles. The minimum atomic E-state index is 0. The first-order chi connectivity index (χ1) is 10.2. The third-order valence-electron chi connectivity index (χ3n) is 4.16. The summed E-state index contributed by atoms with van der Waals surface area (Å²) in [6, 6.07) is 4.36. The van der Waals surface area contributed by atoms with Gasteiger partial charge in [0, 0.05) is 37.6 Å². The fourth-order valence-electron chi connectivity index (χ4n) is 2.94. The zero-order valence-electron chi connectivity index (χ0n) is 13.7. The second-order valence-electron chi connectivity index (χ2n) is 5.69. The van der Waals surface area contributed by atoms with E-state index in [1.165, 1.54) is 24.3 Å². The van der Waals surface area contributed by atoms with Gasteiger partial charge in [0.2, 0.25) is 0 Å². The van der Waals surface area contributed by atoms with Crippen LogP contribution in [0.4, 0.5) is 0 Å². The summed E-state index contributed by atoms with van der Waals surface area (Å²) in [5.41, 5.74) is 6.06. The quantitative estimate of drug-likeness (QED) is 0.423. The lowest BCUT2D eigenvalue weighted by Crippen LogP contribution is -2.39. The Morgan fingerprint density at radius 3 is 2.86 bits per heavy atom. The number of aliphatic imine (C=N–C) groups is 1. The van der Waals surface area contributed by atoms with Crippen molar-refractivity contribution in [3.8, 4) is 0 Å². The van der Waals surface area contributed by atoms with Crippen molar-refractivity contribution in [1.29, 1.82) is 0 Å². The van der Waals surface area contributed by atoms with Gasteiger partial charge in [0.25, 0.3) is 0 Å². The topological polar surface area (TPSA) is 44.9 Å². The van der Waals surface area contributed by atoms with Gasteiger partial charge < -0.3 is 10.6 Å². The van der Waals surface area contributed by atoms with Crippen LogP contribution in [0.25, 0.3) is 0 Å². The molecule has 0 aromatic carbocycles. The number of rotatable bonds is 6. The molecule has 1 aromatic heterocycles. The molecule has 4 nitrogen and oxygen atoms in total. The van der Waals surface area contributed by atoms with Gasteiger partial charge in [-0.25, -0.2) is 0 Å². The molecule has 0 aliphatic carbocycles. The molecular weight excluding hydrogens is 407 g/mol. The van der Waals surface area contributed by atoms with Gasteiger partial charge in [0.05, 0.1) is 0 Å². The third kappa shape index (κ3) is 6.04. The molecule has 22 heavy (non-hydrogen) atoms. The largest absolute Gasteiger partial charge is 0.370 e. The van der Waals surface area contributed by atoms with Crippen LogP contribution in [-0.4, -0.2) is 48.5 Å². The number of piperidine rings is 1. The Kier molecular flexibility index (Phi) is 9.35. The fourth-order valence-corrected chi connectivity index (χ4v) is 3.68. The first kappa shape index (κ1) is 19.7. The van der Waals surface area contributed by atoms with Crippen LogP contribution in [0.3, 0.4) is 0 Å². The molecule has 0 spiro atoms. The van der Waals surface area contributed by atoms with Crippen LogP contribution in [-0.2, 0) is 6.54 Å². The Balaban J connectivity index is 0.00000242. The van der Waals surface area contributed by atoms with Crippen molar-refractivity contribution in [2.24, 2.45) is 16.6 Å². The van der Waals surface area contributed by atoms with E-state index >= 15 is 0 Å². The molecule has 2 heterocycles. The summed E-state index contributed by atoms with van der Waals surface area (Å²) in [5, 5.41) is 2.16. The van der Waals surface area contributed by atoms with Gasteiger partial charge in [0.1, 0.15) is 0 Å². The molecule has 0 saturated carbocycles. The number of halogens is 1. The van der Waals surface area contributed by atoms with E-state index in [1.807, 2.05) is 11.3 Å². The molecule has 0 bridgehead atoms. The van der Waals surface area contributed by atoms with Crippen molar-refractivity contribution in [3.63, 3.8) is 0 Å². The molecular formula is C16H29IN4S. The molecule has 1 aliphatic heterocycles. The van der Waals surface area contributed by atoms with Crippen LogP contribution in [0.15, 0.2) is 22.5 Å². The lowest BCUT2D eigenvalue weighted by Gasteiger charge is -2.32. The van der Waals surface area contributed by atoms with Gasteiger partial charge in [-0.1, -0.05) is 6.07 Å². The number of likely N-dealkylation sites (tertiary alicyclic amines) is 1. The first-order valence-electron chi connectivity index (χ1n) is 8.02. The van der Waals surface area contributed by atoms with Crippen molar-refractivity contribution in [3.05, 3.63) is 22.4 Å². The van der Waals surface area contributed by atoms with E-state index < -0.39 is 0 Å². The first-order valence-corrected chi connectivity index (χ1v) is 8.90. The number of thiophene rings is 1. The minimum Gasteiger partial charge on any atom is -0.370 e. The maximum atomic E-state index is 6.06. The number of hydrogen-bond donors (Lipinski definition) is 1. The SMILES string of the molecule is CCN(CC)C(N)=NCC1CCCN(Cc2cccs2)C1.I. The summed E-state index contributed by atoms with van der Waals surface area (Å²) >= 11 is 1.85.